The predicted molar refractivity (Wildman–Crippen MR) is 146 cm³/mol. The first-order valence-electron chi connectivity index (χ1n) is 12.3. The summed E-state index contributed by atoms with van der Waals surface area (Å²) in [7, 11) is 0. The fourth-order valence-electron chi connectivity index (χ4n) is 4.03. The van der Waals surface area contributed by atoms with E-state index in [-0.39, 0.29) is 24.9 Å². The zero-order valence-electron chi connectivity index (χ0n) is 20.7. The molecule has 0 radical (unpaired) electrons. The molecule has 4 aromatic rings. The summed E-state index contributed by atoms with van der Waals surface area (Å²) in [6.07, 6.45) is 0.292. The molecule has 0 aliphatic rings. The fraction of sp³-hybridized carbons (Fsp3) is 0.161. The molecule has 2 amide bonds. The summed E-state index contributed by atoms with van der Waals surface area (Å²) in [5.74, 6) is -0.705. The predicted octanol–water partition coefficient (Wildman–Crippen LogP) is 5.81. The molecule has 1 N–H and O–H groups in total. The maximum absolute atomic E-state index is 13.6. The Kier molecular flexibility index (Phi) is 9.48. The van der Waals surface area contributed by atoms with Crippen molar-refractivity contribution in [3.8, 4) is 5.75 Å². The molecule has 0 spiro atoms. The lowest BCUT2D eigenvalue weighted by atomic mass is 10.0. The van der Waals surface area contributed by atoms with Gasteiger partial charge in [0, 0.05) is 19.5 Å². The summed E-state index contributed by atoms with van der Waals surface area (Å²) < 4.78 is 19.3. The molecule has 0 heterocycles. The molecular weight excluding hydrogens is 503 g/mol. The van der Waals surface area contributed by atoms with Gasteiger partial charge in [-0.15, -0.1) is 0 Å². The SMILES string of the molecule is O=C(NCc1ccccc1)C(Cc1ccccc1)N(Cc1ccc(F)cc1)C(=O)COc1ccccc1Cl. The fourth-order valence-corrected chi connectivity index (χ4v) is 4.22. The molecule has 7 heteroatoms. The topological polar surface area (TPSA) is 58.6 Å². The van der Waals surface area contributed by atoms with Gasteiger partial charge in [-0.2, -0.15) is 0 Å². The zero-order valence-corrected chi connectivity index (χ0v) is 21.5. The van der Waals surface area contributed by atoms with Crippen LogP contribution in [0.25, 0.3) is 0 Å². The number of rotatable bonds is 11. The van der Waals surface area contributed by atoms with Gasteiger partial charge >= 0.3 is 0 Å². The smallest absolute Gasteiger partial charge is 0.261 e. The number of nitrogens with one attached hydrogen (secondary N) is 1. The van der Waals surface area contributed by atoms with E-state index in [9.17, 15) is 14.0 Å². The second-order valence-electron chi connectivity index (χ2n) is 8.78. The van der Waals surface area contributed by atoms with E-state index in [1.807, 2.05) is 60.7 Å². The van der Waals surface area contributed by atoms with Crippen LogP contribution in [0, 0.1) is 5.82 Å². The number of benzene rings is 4. The van der Waals surface area contributed by atoms with Gasteiger partial charge in [-0.1, -0.05) is 96.5 Å². The summed E-state index contributed by atoms with van der Waals surface area (Å²) >= 11 is 6.20. The highest BCUT2D eigenvalue weighted by Crippen LogP contribution is 2.23. The molecule has 0 saturated carbocycles. The first-order chi connectivity index (χ1) is 18.5. The largest absolute Gasteiger partial charge is 0.482 e. The van der Waals surface area contributed by atoms with Crippen LogP contribution in [0.4, 0.5) is 4.39 Å². The molecule has 0 aliphatic carbocycles. The molecule has 0 bridgehead atoms. The molecule has 1 unspecified atom stereocenters. The van der Waals surface area contributed by atoms with Crippen molar-refractivity contribution in [1.82, 2.24) is 10.2 Å². The zero-order chi connectivity index (χ0) is 26.7. The lowest BCUT2D eigenvalue weighted by Crippen LogP contribution is -2.51. The number of ether oxygens (including phenoxy) is 1. The van der Waals surface area contributed by atoms with Crippen molar-refractivity contribution in [2.45, 2.75) is 25.6 Å². The van der Waals surface area contributed by atoms with E-state index in [0.717, 1.165) is 11.1 Å². The van der Waals surface area contributed by atoms with Crippen molar-refractivity contribution in [1.29, 1.82) is 0 Å². The van der Waals surface area contributed by atoms with E-state index in [1.54, 1.807) is 36.4 Å². The molecule has 5 nitrogen and oxygen atoms in total. The monoisotopic (exact) mass is 530 g/mol. The third-order valence-corrected chi connectivity index (χ3v) is 6.35. The summed E-state index contributed by atoms with van der Waals surface area (Å²) in [5, 5.41) is 3.36. The number of hydrogen-bond donors (Lipinski definition) is 1. The number of hydrogen-bond acceptors (Lipinski definition) is 3. The van der Waals surface area contributed by atoms with Crippen LogP contribution >= 0.6 is 11.6 Å². The molecule has 0 fully saturated rings. The minimum atomic E-state index is -0.839. The molecule has 4 rings (SSSR count). The van der Waals surface area contributed by atoms with E-state index in [1.165, 1.54) is 17.0 Å². The number of halogens is 2. The van der Waals surface area contributed by atoms with Gasteiger partial charge in [0.2, 0.25) is 5.91 Å². The number of amides is 2. The van der Waals surface area contributed by atoms with Crippen molar-refractivity contribution >= 4 is 23.4 Å². The Labute approximate surface area is 226 Å². The van der Waals surface area contributed by atoms with Crippen molar-refractivity contribution in [2.24, 2.45) is 0 Å². The summed E-state index contributed by atoms with van der Waals surface area (Å²) in [6.45, 7) is 0.100. The van der Waals surface area contributed by atoms with E-state index in [4.69, 9.17) is 16.3 Å². The summed E-state index contributed by atoms with van der Waals surface area (Å²) in [5.41, 5.74) is 2.53. The van der Waals surface area contributed by atoms with Gasteiger partial charge in [0.15, 0.2) is 6.61 Å². The molecule has 0 saturated heterocycles. The van der Waals surface area contributed by atoms with Gasteiger partial charge in [0.25, 0.3) is 5.91 Å². The minimum Gasteiger partial charge on any atom is -0.482 e. The Hall–Kier alpha value is -4.16. The van der Waals surface area contributed by atoms with Crippen molar-refractivity contribution in [2.75, 3.05) is 6.61 Å². The summed E-state index contributed by atoms with van der Waals surface area (Å²) in [6, 6.07) is 31.0. The van der Waals surface area contributed by atoms with Gasteiger partial charge in [-0.05, 0) is 41.0 Å². The number of carbonyl (C=O) groups excluding carboxylic acids is 2. The number of carbonyl (C=O) groups is 2. The van der Waals surface area contributed by atoms with Gasteiger partial charge in [0.1, 0.15) is 17.6 Å². The molecule has 1 atom stereocenters. The standard InChI is InChI=1S/C31H28ClFN2O3/c32-27-13-7-8-14-29(27)38-22-30(36)35(21-25-15-17-26(33)18-16-25)28(19-23-9-3-1-4-10-23)31(37)34-20-24-11-5-2-6-12-24/h1-18,28H,19-22H2,(H,34,37). The van der Waals surface area contributed by atoms with Crippen LogP contribution in [0.1, 0.15) is 16.7 Å². The lowest BCUT2D eigenvalue weighted by Gasteiger charge is -2.31. The highest BCUT2D eigenvalue weighted by molar-refractivity contribution is 6.32. The van der Waals surface area contributed by atoms with Gasteiger partial charge in [-0.25, -0.2) is 4.39 Å². The van der Waals surface area contributed by atoms with Crippen LogP contribution in [-0.4, -0.2) is 29.4 Å². The molecule has 38 heavy (non-hydrogen) atoms. The second kappa shape index (κ2) is 13.4. The Morgan fingerprint density at radius 3 is 2.05 bits per heavy atom. The van der Waals surface area contributed by atoms with Crippen molar-refractivity contribution < 1.29 is 18.7 Å². The highest BCUT2D eigenvalue weighted by Gasteiger charge is 2.30. The van der Waals surface area contributed by atoms with Crippen LogP contribution < -0.4 is 10.1 Å². The van der Waals surface area contributed by atoms with E-state index in [2.05, 4.69) is 5.32 Å². The average Bonchev–Trinajstić information content (AvgIpc) is 2.95. The van der Waals surface area contributed by atoms with Crippen LogP contribution in [-0.2, 0) is 29.1 Å². The summed E-state index contributed by atoms with van der Waals surface area (Å²) in [4.78, 5) is 28.7. The van der Waals surface area contributed by atoms with Crippen LogP contribution in [0.3, 0.4) is 0 Å². The van der Waals surface area contributed by atoms with E-state index < -0.39 is 11.9 Å². The van der Waals surface area contributed by atoms with Crippen molar-refractivity contribution in [3.63, 3.8) is 0 Å². The minimum absolute atomic E-state index is 0.0985. The van der Waals surface area contributed by atoms with Crippen molar-refractivity contribution in [3.05, 3.63) is 137 Å². The molecule has 0 aliphatic heterocycles. The maximum Gasteiger partial charge on any atom is 0.261 e. The third-order valence-electron chi connectivity index (χ3n) is 6.03. The number of para-hydroxylation sites is 1. The number of nitrogens with zero attached hydrogens (tertiary/aromatic N) is 1. The normalized spacial score (nSPS) is 11.4. The highest BCUT2D eigenvalue weighted by atomic mass is 35.5. The molecular formula is C31H28ClFN2O3. The van der Waals surface area contributed by atoms with Gasteiger partial charge < -0.3 is 15.0 Å². The first-order valence-corrected chi connectivity index (χ1v) is 12.6. The first kappa shape index (κ1) is 26.9. The third kappa shape index (κ3) is 7.67. The maximum atomic E-state index is 13.6. The Morgan fingerprint density at radius 2 is 1.39 bits per heavy atom. The molecule has 194 valence electrons. The lowest BCUT2D eigenvalue weighted by molar-refractivity contribution is -0.142. The van der Waals surface area contributed by atoms with Crippen LogP contribution in [0.15, 0.2) is 109 Å². The van der Waals surface area contributed by atoms with E-state index >= 15 is 0 Å². The second-order valence-corrected chi connectivity index (χ2v) is 9.18. The Morgan fingerprint density at radius 1 is 0.789 bits per heavy atom. The molecule has 4 aromatic carbocycles. The van der Waals surface area contributed by atoms with E-state index in [0.29, 0.717) is 29.3 Å². The van der Waals surface area contributed by atoms with Crippen LogP contribution in [0.5, 0.6) is 5.75 Å². The molecule has 0 aromatic heterocycles. The average molecular weight is 531 g/mol. The van der Waals surface area contributed by atoms with Crippen LogP contribution in [0.2, 0.25) is 5.02 Å². The Bertz CT molecular complexity index is 1330. The quantitative estimate of drug-likeness (QED) is 0.266. The Balaban J connectivity index is 1.61. The van der Waals surface area contributed by atoms with Gasteiger partial charge in [-0.3, -0.25) is 9.59 Å². The van der Waals surface area contributed by atoms with Gasteiger partial charge in [0.05, 0.1) is 5.02 Å².